The summed E-state index contributed by atoms with van der Waals surface area (Å²) in [7, 11) is 0. The zero-order chi connectivity index (χ0) is 13.8. The molecule has 3 aromatic carbocycles. The second-order valence-electron chi connectivity index (χ2n) is 5.81. The molecule has 2 aliphatic carbocycles. The Morgan fingerprint density at radius 3 is 2.19 bits per heavy atom. The van der Waals surface area contributed by atoms with Gasteiger partial charge in [-0.1, -0.05) is 66.8 Å². The van der Waals surface area contributed by atoms with Crippen molar-refractivity contribution in [3.63, 3.8) is 0 Å². The quantitative estimate of drug-likeness (QED) is 0.476. The average molecular weight is 266 g/mol. The number of hydrogen-bond donors (Lipinski definition) is 0. The highest BCUT2D eigenvalue weighted by molar-refractivity contribution is 6.13. The van der Waals surface area contributed by atoms with E-state index in [-0.39, 0.29) is 0 Å². The van der Waals surface area contributed by atoms with Crippen molar-refractivity contribution in [2.75, 3.05) is 0 Å². The third-order valence-electron chi connectivity index (χ3n) is 4.70. The van der Waals surface area contributed by atoms with Crippen molar-refractivity contribution >= 4 is 27.6 Å². The Morgan fingerprint density at radius 1 is 0.714 bits per heavy atom. The van der Waals surface area contributed by atoms with E-state index in [0.29, 0.717) is 0 Å². The molecular formula is C21H14. The molecule has 0 heteroatoms. The molecule has 98 valence electrons. The molecule has 0 amide bonds. The molecule has 0 atom stereocenters. The Morgan fingerprint density at radius 2 is 1.38 bits per heavy atom. The zero-order valence-corrected chi connectivity index (χ0v) is 11.6. The molecule has 0 heterocycles. The minimum absolute atomic E-state index is 1.04. The van der Waals surface area contributed by atoms with Crippen LogP contribution >= 0.6 is 0 Å². The lowest BCUT2D eigenvalue weighted by atomic mass is 9.83. The van der Waals surface area contributed by atoms with Gasteiger partial charge in [0.15, 0.2) is 0 Å². The Hall–Kier alpha value is -2.60. The Bertz CT molecular complexity index is 997. The zero-order valence-electron chi connectivity index (χ0n) is 11.6. The van der Waals surface area contributed by atoms with E-state index < -0.39 is 0 Å². The molecule has 0 saturated carbocycles. The van der Waals surface area contributed by atoms with Gasteiger partial charge in [-0.3, -0.25) is 0 Å². The van der Waals surface area contributed by atoms with E-state index in [9.17, 15) is 0 Å². The molecule has 21 heavy (non-hydrogen) atoms. The summed E-state index contributed by atoms with van der Waals surface area (Å²) in [5, 5.41) is 5.50. The molecule has 0 N–H and O–H groups in total. The summed E-state index contributed by atoms with van der Waals surface area (Å²) >= 11 is 0. The van der Waals surface area contributed by atoms with Crippen LogP contribution in [-0.2, 0) is 6.42 Å². The molecule has 2 aliphatic rings. The van der Waals surface area contributed by atoms with E-state index in [4.69, 9.17) is 0 Å². The highest BCUT2D eigenvalue weighted by Gasteiger charge is 2.20. The Labute approximate surface area is 123 Å². The minimum Gasteiger partial charge on any atom is -0.0616 e. The van der Waals surface area contributed by atoms with Gasteiger partial charge in [-0.25, -0.2) is 0 Å². The number of allylic oxidation sites excluding steroid dienone is 5. The first-order valence-corrected chi connectivity index (χ1v) is 7.43. The fourth-order valence-corrected chi connectivity index (χ4v) is 3.72. The van der Waals surface area contributed by atoms with Crippen LogP contribution in [0.2, 0.25) is 0 Å². The number of hydrogen-bond acceptors (Lipinski definition) is 0. The first kappa shape index (κ1) is 11.1. The molecule has 0 saturated heterocycles. The van der Waals surface area contributed by atoms with Crippen molar-refractivity contribution in [3.8, 4) is 0 Å². The fourth-order valence-electron chi connectivity index (χ4n) is 3.72. The van der Waals surface area contributed by atoms with E-state index in [2.05, 4.69) is 72.8 Å². The summed E-state index contributed by atoms with van der Waals surface area (Å²) in [6.45, 7) is 0. The molecule has 0 spiro atoms. The SMILES string of the molecule is C1=CC2=Cc3c(c4ccccc4c4ccccc34)CC2=C1. The Balaban J connectivity index is 2.03. The van der Waals surface area contributed by atoms with Crippen molar-refractivity contribution in [2.24, 2.45) is 0 Å². The summed E-state index contributed by atoms with van der Waals surface area (Å²) in [4.78, 5) is 0. The van der Waals surface area contributed by atoms with E-state index >= 15 is 0 Å². The molecule has 5 rings (SSSR count). The second kappa shape index (κ2) is 3.95. The van der Waals surface area contributed by atoms with E-state index in [1.807, 2.05) is 0 Å². The van der Waals surface area contributed by atoms with Crippen molar-refractivity contribution in [1.82, 2.24) is 0 Å². The molecule has 0 bridgehead atoms. The highest BCUT2D eigenvalue weighted by atomic mass is 14.2. The van der Waals surface area contributed by atoms with Gasteiger partial charge in [-0.05, 0) is 56.3 Å². The number of benzene rings is 3. The third-order valence-corrected chi connectivity index (χ3v) is 4.70. The molecule has 0 unspecified atom stereocenters. The Kier molecular flexibility index (Phi) is 2.09. The van der Waals surface area contributed by atoms with Gasteiger partial charge in [0.2, 0.25) is 0 Å². The van der Waals surface area contributed by atoms with Crippen molar-refractivity contribution in [1.29, 1.82) is 0 Å². The topological polar surface area (TPSA) is 0 Å². The van der Waals surface area contributed by atoms with Gasteiger partial charge in [-0.15, -0.1) is 0 Å². The number of fused-ring (bicyclic) bond motifs is 7. The largest absolute Gasteiger partial charge is 0.0616 e. The van der Waals surface area contributed by atoms with Crippen LogP contribution in [0.4, 0.5) is 0 Å². The van der Waals surface area contributed by atoms with Crippen LogP contribution < -0.4 is 0 Å². The van der Waals surface area contributed by atoms with Crippen LogP contribution in [0.1, 0.15) is 11.1 Å². The van der Waals surface area contributed by atoms with Gasteiger partial charge in [0.25, 0.3) is 0 Å². The molecule has 3 aromatic rings. The lowest BCUT2D eigenvalue weighted by Gasteiger charge is -2.21. The van der Waals surface area contributed by atoms with E-state index in [0.717, 1.165) is 6.42 Å². The van der Waals surface area contributed by atoms with Crippen LogP contribution in [-0.4, -0.2) is 0 Å². The lowest BCUT2D eigenvalue weighted by molar-refractivity contribution is 1.18. The summed E-state index contributed by atoms with van der Waals surface area (Å²) in [5.41, 5.74) is 5.71. The maximum atomic E-state index is 2.36. The maximum absolute atomic E-state index is 2.36. The normalized spacial score (nSPS) is 15.8. The van der Waals surface area contributed by atoms with Gasteiger partial charge in [-0.2, -0.15) is 0 Å². The standard InChI is InChI=1S/C21H14/c1-3-10-18-16(8-1)17-9-2-4-11-19(17)21-13-15-7-5-6-14(15)12-20(18)21/h1-12H,13H2. The van der Waals surface area contributed by atoms with Crippen LogP contribution in [0.25, 0.3) is 27.6 Å². The first-order chi connectivity index (χ1) is 10.4. The van der Waals surface area contributed by atoms with Gasteiger partial charge in [0, 0.05) is 0 Å². The molecule has 0 aromatic heterocycles. The van der Waals surface area contributed by atoms with Crippen LogP contribution in [0, 0.1) is 0 Å². The predicted molar refractivity (Wildman–Crippen MR) is 90.4 cm³/mol. The molecule has 0 fully saturated rings. The third kappa shape index (κ3) is 1.45. The van der Waals surface area contributed by atoms with Crippen molar-refractivity contribution in [2.45, 2.75) is 6.42 Å². The molecule has 0 nitrogen and oxygen atoms in total. The van der Waals surface area contributed by atoms with E-state index in [1.165, 1.54) is 43.8 Å². The maximum Gasteiger partial charge on any atom is -0.000749 e. The van der Waals surface area contributed by atoms with Gasteiger partial charge in [0.1, 0.15) is 0 Å². The summed E-state index contributed by atoms with van der Waals surface area (Å²) in [5.74, 6) is 0. The highest BCUT2D eigenvalue weighted by Crippen LogP contribution is 2.40. The summed E-state index contributed by atoms with van der Waals surface area (Å²) in [6.07, 6.45) is 10.0. The summed E-state index contributed by atoms with van der Waals surface area (Å²) in [6, 6.07) is 17.6. The van der Waals surface area contributed by atoms with Crippen molar-refractivity contribution < 1.29 is 0 Å². The lowest BCUT2D eigenvalue weighted by Crippen LogP contribution is -2.02. The van der Waals surface area contributed by atoms with Gasteiger partial charge < -0.3 is 0 Å². The predicted octanol–water partition coefficient (Wildman–Crippen LogP) is 5.43. The van der Waals surface area contributed by atoms with E-state index in [1.54, 1.807) is 0 Å². The number of rotatable bonds is 0. The minimum atomic E-state index is 1.04. The summed E-state index contributed by atoms with van der Waals surface area (Å²) < 4.78 is 0. The van der Waals surface area contributed by atoms with Crippen LogP contribution in [0.5, 0.6) is 0 Å². The van der Waals surface area contributed by atoms with Crippen LogP contribution in [0.15, 0.2) is 77.9 Å². The smallest absolute Gasteiger partial charge is 0.000749 e. The molecular weight excluding hydrogens is 252 g/mol. The average Bonchev–Trinajstić information content (AvgIpc) is 3.01. The second-order valence-corrected chi connectivity index (χ2v) is 5.81. The monoisotopic (exact) mass is 266 g/mol. The molecule has 0 radical (unpaired) electrons. The van der Waals surface area contributed by atoms with Gasteiger partial charge >= 0.3 is 0 Å². The van der Waals surface area contributed by atoms with Gasteiger partial charge in [0.05, 0.1) is 0 Å². The molecule has 0 aliphatic heterocycles. The van der Waals surface area contributed by atoms with Crippen LogP contribution in [0.3, 0.4) is 0 Å². The first-order valence-electron chi connectivity index (χ1n) is 7.43. The van der Waals surface area contributed by atoms with Crippen molar-refractivity contribution in [3.05, 3.63) is 89.0 Å². The fraction of sp³-hybridized carbons (Fsp3) is 0.0476.